The molecular formula is C10H15F3N2O2. The van der Waals surface area contributed by atoms with Crippen molar-refractivity contribution in [3.8, 4) is 0 Å². The Bertz CT molecular complexity index is 296. The van der Waals surface area contributed by atoms with E-state index in [-0.39, 0.29) is 25.3 Å². The number of rotatable bonds is 3. The second-order valence-electron chi connectivity index (χ2n) is 4.56. The highest BCUT2D eigenvalue weighted by Crippen LogP contribution is 2.48. The predicted octanol–water partition coefficient (Wildman–Crippen LogP) is 0.576. The van der Waals surface area contributed by atoms with E-state index in [2.05, 4.69) is 10.6 Å². The van der Waals surface area contributed by atoms with Crippen molar-refractivity contribution in [3.63, 3.8) is 0 Å². The zero-order chi connectivity index (χ0) is 12.5. The fourth-order valence-corrected chi connectivity index (χ4v) is 1.90. The van der Waals surface area contributed by atoms with Crippen LogP contribution in [0.4, 0.5) is 13.2 Å². The summed E-state index contributed by atoms with van der Waals surface area (Å²) < 4.78 is 42.9. The molecule has 1 amide bonds. The van der Waals surface area contributed by atoms with E-state index in [1.54, 1.807) is 0 Å². The number of amides is 1. The van der Waals surface area contributed by atoms with Crippen molar-refractivity contribution in [2.45, 2.75) is 37.0 Å². The van der Waals surface area contributed by atoms with Crippen molar-refractivity contribution >= 4 is 5.91 Å². The maximum absolute atomic E-state index is 12.6. The van der Waals surface area contributed by atoms with E-state index in [1.165, 1.54) is 0 Å². The molecule has 0 spiro atoms. The molecule has 1 unspecified atom stereocenters. The third-order valence-corrected chi connectivity index (χ3v) is 3.10. The molecule has 2 rings (SSSR count). The molecule has 1 aliphatic heterocycles. The Balaban J connectivity index is 1.81. The number of nitrogens with one attached hydrogen (secondary N) is 2. The van der Waals surface area contributed by atoms with Gasteiger partial charge in [0.15, 0.2) is 0 Å². The minimum atomic E-state index is -4.35. The molecule has 1 saturated carbocycles. The summed E-state index contributed by atoms with van der Waals surface area (Å²) in [4.78, 5) is 11.5. The molecule has 0 bridgehead atoms. The lowest BCUT2D eigenvalue weighted by atomic mass is 10.1. The number of halogens is 3. The van der Waals surface area contributed by atoms with Gasteiger partial charge in [-0.1, -0.05) is 0 Å². The number of morpholine rings is 1. The van der Waals surface area contributed by atoms with Crippen LogP contribution in [0.15, 0.2) is 0 Å². The molecule has 1 heterocycles. The first-order valence-electron chi connectivity index (χ1n) is 5.62. The Morgan fingerprint density at radius 2 is 2.18 bits per heavy atom. The normalized spacial score (nSPS) is 27.6. The molecule has 17 heavy (non-hydrogen) atoms. The van der Waals surface area contributed by atoms with Crippen LogP contribution in [0.2, 0.25) is 0 Å². The standard InChI is InChI=1S/C10H15F3N2O2/c11-10(12,13)9(1-2-9)15-8(16)5-7-6-17-4-3-14-7/h7,14H,1-6H2,(H,15,16). The van der Waals surface area contributed by atoms with Gasteiger partial charge in [0.1, 0.15) is 5.54 Å². The minimum absolute atomic E-state index is 0.0170. The topological polar surface area (TPSA) is 50.4 Å². The highest BCUT2D eigenvalue weighted by molar-refractivity contribution is 5.78. The van der Waals surface area contributed by atoms with E-state index in [9.17, 15) is 18.0 Å². The first kappa shape index (κ1) is 12.6. The SMILES string of the molecule is O=C(CC1COCCN1)NC1(C(F)(F)F)CC1. The van der Waals surface area contributed by atoms with Gasteiger partial charge >= 0.3 is 6.18 Å². The zero-order valence-corrected chi connectivity index (χ0v) is 9.27. The Kier molecular flexibility index (Phi) is 3.31. The molecule has 0 aromatic carbocycles. The number of hydrogen-bond donors (Lipinski definition) is 2. The first-order valence-corrected chi connectivity index (χ1v) is 5.62. The van der Waals surface area contributed by atoms with Crippen LogP contribution in [0, 0.1) is 0 Å². The molecule has 2 fully saturated rings. The molecule has 0 radical (unpaired) electrons. The fraction of sp³-hybridized carbons (Fsp3) is 0.900. The molecule has 1 atom stereocenters. The number of hydrogen-bond acceptors (Lipinski definition) is 3. The first-order chi connectivity index (χ1) is 7.93. The van der Waals surface area contributed by atoms with Gasteiger partial charge in [-0.3, -0.25) is 4.79 Å². The summed E-state index contributed by atoms with van der Waals surface area (Å²) in [5, 5.41) is 5.12. The van der Waals surface area contributed by atoms with Gasteiger partial charge in [0.2, 0.25) is 5.91 Å². The maximum Gasteiger partial charge on any atom is 0.411 e. The zero-order valence-electron chi connectivity index (χ0n) is 9.27. The van der Waals surface area contributed by atoms with Gasteiger partial charge in [0, 0.05) is 19.0 Å². The number of ether oxygens (including phenoxy) is 1. The molecular weight excluding hydrogens is 237 g/mol. The molecule has 98 valence electrons. The molecule has 1 saturated heterocycles. The molecule has 0 aromatic rings. The largest absolute Gasteiger partial charge is 0.411 e. The molecule has 7 heteroatoms. The third-order valence-electron chi connectivity index (χ3n) is 3.10. The third kappa shape index (κ3) is 2.90. The van der Waals surface area contributed by atoms with Crippen LogP contribution in [0.3, 0.4) is 0 Å². The van der Waals surface area contributed by atoms with Gasteiger partial charge in [-0.15, -0.1) is 0 Å². The second kappa shape index (κ2) is 4.45. The molecule has 2 aliphatic rings. The second-order valence-corrected chi connectivity index (χ2v) is 4.56. The van der Waals surface area contributed by atoms with Crippen molar-refractivity contribution in [3.05, 3.63) is 0 Å². The van der Waals surface area contributed by atoms with Crippen molar-refractivity contribution in [2.24, 2.45) is 0 Å². The highest BCUT2D eigenvalue weighted by atomic mass is 19.4. The number of alkyl halides is 3. The summed E-state index contributed by atoms with van der Waals surface area (Å²) in [6, 6.07) is -0.187. The monoisotopic (exact) mass is 252 g/mol. The smallest absolute Gasteiger partial charge is 0.378 e. The predicted molar refractivity (Wildman–Crippen MR) is 53.4 cm³/mol. The number of carbonyl (C=O) groups is 1. The fourth-order valence-electron chi connectivity index (χ4n) is 1.90. The Morgan fingerprint density at radius 1 is 1.47 bits per heavy atom. The van der Waals surface area contributed by atoms with Gasteiger partial charge in [-0.25, -0.2) is 0 Å². The average molecular weight is 252 g/mol. The van der Waals surface area contributed by atoms with Gasteiger partial charge in [-0.2, -0.15) is 13.2 Å². The van der Waals surface area contributed by atoms with Crippen molar-refractivity contribution < 1.29 is 22.7 Å². The molecule has 1 aliphatic carbocycles. The van der Waals surface area contributed by atoms with E-state index in [0.717, 1.165) is 0 Å². The van der Waals surface area contributed by atoms with Crippen LogP contribution >= 0.6 is 0 Å². The summed E-state index contributed by atoms with van der Waals surface area (Å²) in [7, 11) is 0. The van der Waals surface area contributed by atoms with Crippen molar-refractivity contribution in [1.29, 1.82) is 0 Å². The van der Waals surface area contributed by atoms with E-state index in [0.29, 0.717) is 19.8 Å². The summed E-state index contributed by atoms with van der Waals surface area (Å²) in [5.74, 6) is -0.567. The van der Waals surface area contributed by atoms with Crippen LogP contribution in [-0.4, -0.2) is 43.4 Å². The molecule has 2 N–H and O–H groups in total. The number of carbonyl (C=O) groups excluding carboxylic acids is 1. The Morgan fingerprint density at radius 3 is 2.65 bits per heavy atom. The lowest BCUT2D eigenvalue weighted by Gasteiger charge is -2.25. The Hall–Kier alpha value is -0.820. The van der Waals surface area contributed by atoms with Crippen LogP contribution in [0.5, 0.6) is 0 Å². The van der Waals surface area contributed by atoms with E-state index >= 15 is 0 Å². The molecule has 4 nitrogen and oxygen atoms in total. The summed E-state index contributed by atoms with van der Waals surface area (Å²) in [6.45, 7) is 1.57. The van der Waals surface area contributed by atoms with E-state index in [4.69, 9.17) is 4.74 Å². The van der Waals surface area contributed by atoms with Crippen molar-refractivity contribution in [1.82, 2.24) is 10.6 Å². The van der Waals surface area contributed by atoms with Crippen molar-refractivity contribution in [2.75, 3.05) is 19.8 Å². The van der Waals surface area contributed by atoms with E-state index in [1.807, 2.05) is 0 Å². The van der Waals surface area contributed by atoms with E-state index < -0.39 is 17.6 Å². The van der Waals surface area contributed by atoms with Crippen LogP contribution < -0.4 is 10.6 Å². The van der Waals surface area contributed by atoms with Crippen LogP contribution in [0.25, 0.3) is 0 Å². The average Bonchev–Trinajstić information content (AvgIpc) is 2.99. The maximum atomic E-state index is 12.6. The summed E-state index contributed by atoms with van der Waals surface area (Å²) in [5.41, 5.74) is -1.96. The van der Waals surface area contributed by atoms with Gasteiger partial charge in [-0.05, 0) is 12.8 Å². The lowest BCUT2D eigenvalue weighted by Crippen LogP contribution is -2.51. The van der Waals surface area contributed by atoms with Gasteiger partial charge < -0.3 is 15.4 Å². The van der Waals surface area contributed by atoms with Crippen LogP contribution in [-0.2, 0) is 9.53 Å². The van der Waals surface area contributed by atoms with Gasteiger partial charge in [0.25, 0.3) is 0 Å². The quantitative estimate of drug-likeness (QED) is 0.772. The van der Waals surface area contributed by atoms with Gasteiger partial charge in [0.05, 0.1) is 13.2 Å². The lowest BCUT2D eigenvalue weighted by molar-refractivity contribution is -0.170. The highest BCUT2D eigenvalue weighted by Gasteiger charge is 2.64. The molecule has 0 aromatic heterocycles. The summed E-state index contributed by atoms with van der Waals surface area (Å²) in [6.07, 6.45) is -4.36. The minimum Gasteiger partial charge on any atom is -0.378 e. The Labute approximate surface area is 96.9 Å². The van der Waals surface area contributed by atoms with Crippen LogP contribution in [0.1, 0.15) is 19.3 Å². The summed E-state index contributed by atoms with van der Waals surface area (Å²) >= 11 is 0.